The summed E-state index contributed by atoms with van der Waals surface area (Å²) in [6.45, 7) is 1.90. The molecule has 0 aliphatic rings. The highest BCUT2D eigenvalue weighted by molar-refractivity contribution is 6.30. The van der Waals surface area contributed by atoms with Crippen LogP contribution in [0.4, 0.5) is 10.1 Å². The third-order valence-electron chi connectivity index (χ3n) is 3.15. The number of nitrogen functional groups attached to an aromatic ring is 1. The molecule has 3 rings (SSSR count). The van der Waals surface area contributed by atoms with Gasteiger partial charge in [0.2, 0.25) is 0 Å². The van der Waals surface area contributed by atoms with E-state index in [2.05, 4.69) is 15.5 Å². The first-order chi connectivity index (χ1) is 10.1. The molecule has 106 valence electrons. The Hall–Kier alpha value is -2.47. The number of aryl methyl sites for hydroxylation is 1. The molecular weight excluding hydrogens is 293 g/mol. The van der Waals surface area contributed by atoms with Gasteiger partial charge in [-0.3, -0.25) is 0 Å². The van der Waals surface area contributed by atoms with Gasteiger partial charge in [-0.05, 0) is 53.2 Å². The zero-order valence-corrected chi connectivity index (χ0v) is 11.8. The number of hydrogen-bond acceptors (Lipinski definition) is 4. The van der Waals surface area contributed by atoms with Crippen LogP contribution >= 0.6 is 11.6 Å². The highest BCUT2D eigenvalue weighted by Gasteiger charge is 2.13. The molecule has 1 heterocycles. The Morgan fingerprint density at radius 3 is 2.71 bits per heavy atom. The predicted molar refractivity (Wildman–Crippen MR) is 78.7 cm³/mol. The normalized spacial score (nSPS) is 10.8. The van der Waals surface area contributed by atoms with E-state index in [1.807, 2.05) is 19.1 Å². The summed E-state index contributed by atoms with van der Waals surface area (Å²) in [7, 11) is 0. The minimum atomic E-state index is -0.524. The maximum absolute atomic E-state index is 13.6. The van der Waals surface area contributed by atoms with Crippen molar-refractivity contribution in [2.24, 2.45) is 0 Å². The van der Waals surface area contributed by atoms with Crippen LogP contribution in [0.3, 0.4) is 0 Å². The number of halogens is 2. The van der Waals surface area contributed by atoms with Gasteiger partial charge in [0.1, 0.15) is 5.82 Å². The fourth-order valence-electron chi connectivity index (χ4n) is 1.97. The zero-order chi connectivity index (χ0) is 15.0. The summed E-state index contributed by atoms with van der Waals surface area (Å²) in [6.07, 6.45) is 0. The zero-order valence-electron chi connectivity index (χ0n) is 11.1. The topological polar surface area (TPSA) is 69.6 Å². The van der Waals surface area contributed by atoms with Crippen molar-refractivity contribution in [2.45, 2.75) is 6.92 Å². The number of aromatic nitrogens is 4. The van der Waals surface area contributed by atoms with Gasteiger partial charge in [-0.15, -0.1) is 5.10 Å². The van der Waals surface area contributed by atoms with Crippen LogP contribution in [0.25, 0.3) is 17.1 Å². The van der Waals surface area contributed by atoms with Gasteiger partial charge in [-0.1, -0.05) is 11.6 Å². The molecule has 0 fully saturated rings. The van der Waals surface area contributed by atoms with Gasteiger partial charge in [0.15, 0.2) is 5.82 Å². The molecule has 0 aliphatic heterocycles. The van der Waals surface area contributed by atoms with Crippen molar-refractivity contribution in [3.8, 4) is 17.1 Å². The minimum Gasteiger partial charge on any atom is -0.399 e. The highest BCUT2D eigenvalue weighted by Crippen LogP contribution is 2.24. The first-order valence-electron chi connectivity index (χ1n) is 6.16. The van der Waals surface area contributed by atoms with Crippen molar-refractivity contribution >= 4 is 17.3 Å². The van der Waals surface area contributed by atoms with E-state index in [9.17, 15) is 4.39 Å². The SMILES string of the molecule is Cc1cc(-c2nnnn2-c2ccc(Cl)c(F)c2)ccc1N. The molecule has 0 amide bonds. The molecule has 2 aromatic carbocycles. The van der Waals surface area contributed by atoms with Crippen molar-refractivity contribution in [3.63, 3.8) is 0 Å². The van der Waals surface area contributed by atoms with Crippen molar-refractivity contribution < 1.29 is 4.39 Å². The number of nitrogens with zero attached hydrogens (tertiary/aromatic N) is 4. The average Bonchev–Trinajstić information content (AvgIpc) is 2.94. The van der Waals surface area contributed by atoms with E-state index >= 15 is 0 Å². The molecule has 3 aromatic rings. The number of benzene rings is 2. The fourth-order valence-corrected chi connectivity index (χ4v) is 2.09. The van der Waals surface area contributed by atoms with Crippen LogP contribution in [0.15, 0.2) is 36.4 Å². The molecule has 7 heteroatoms. The molecule has 0 atom stereocenters. The van der Waals surface area contributed by atoms with Gasteiger partial charge < -0.3 is 5.73 Å². The fraction of sp³-hybridized carbons (Fsp3) is 0.0714. The summed E-state index contributed by atoms with van der Waals surface area (Å²) < 4.78 is 15.0. The predicted octanol–water partition coefficient (Wildman–Crippen LogP) is 3.01. The number of anilines is 1. The van der Waals surface area contributed by atoms with E-state index in [4.69, 9.17) is 17.3 Å². The molecule has 21 heavy (non-hydrogen) atoms. The Morgan fingerprint density at radius 1 is 1.19 bits per heavy atom. The molecule has 0 spiro atoms. The van der Waals surface area contributed by atoms with E-state index in [-0.39, 0.29) is 5.02 Å². The van der Waals surface area contributed by atoms with E-state index < -0.39 is 5.82 Å². The molecule has 0 unspecified atom stereocenters. The maximum atomic E-state index is 13.6. The molecule has 0 aliphatic carbocycles. The van der Waals surface area contributed by atoms with Crippen LogP contribution in [-0.4, -0.2) is 20.2 Å². The first-order valence-corrected chi connectivity index (χ1v) is 6.54. The molecule has 0 bridgehead atoms. The van der Waals surface area contributed by atoms with Crippen molar-refractivity contribution in [3.05, 3.63) is 52.8 Å². The lowest BCUT2D eigenvalue weighted by molar-refractivity contribution is 0.625. The molecule has 0 saturated carbocycles. The minimum absolute atomic E-state index is 0.0525. The summed E-state index contributed by atoms with van der Waals surface area (Å²) in [4.78, 5) is 0. The summed E-state index contributed by atoms with van der Waals surface area (Å²) in [6, 6.07) is 9.88. The molecule has 1 aromatic heterocycles. The van der Waals surface area contributed by atoms with Crippen molar-refractivity contribution in [2.75, 3.05) is 5.73 Å². The quantitative estimate of drug-likeness (QED) is 0.739. The summed E-state index contributed by atoms with van der Waals surface area (Å²) in [5, 5.41) is 11.6. The van der Waals surface area contributed by atoms with Gasteiger partial charge >= 0.3 is 0 Å². The summed E-state index contributed by atoms with van der Waals surface area (Å²) >= 11 is 5.69. The highest BCUT2D eigenvalue weighted by atomic mass is 35.5. The second-order valence-corrected chi connectivity index (χ2v) is 4.99. The second kappa shape index (κ2) is 5.14. The van der Waals surface area contributed by atoms with E-state index in [0.29, 0.717) is 17.2 Å². The lowest BCUT2D eigenvalue weighted by Gasteiger charge is -2.07. The molecular formula is C14H11ClFN5. The Labute approximate surface area is 125 Å². The Balaban J connectivity index is 2.12. The lowest BCUT2D eigenvalue weighted by Crippen LogP contribution is -2.01. The van der Waals surface area contributed by atoms with Crippen LogP contribution < -0.4 is 5.73 Å². The Morgan fingerprint density at radius 2 is 2.00 bits per heavy atom. The molecule has 5 nitrogen and oxygen atoms in total. The third-order valence-corrected chi connectivity index (χ3v) is 3.45. The van der Waals surface area contributed by atoms with E-state index in [0.717, 1.165) is 11.1 Å². The first kappa shape index (κ1) is 13.5. The van der Waals surface area contributed by atoms with Crippen LogP contribution in [0, 0.1) is 12.7 Å². The largest absolute Gasteiger partial charge is 0.399 e. The van der Waals surface area contributed by atoms with Crippen LogP contribution in [0.5, 0.6) is 0 Å². The smallest absolute Gasteiger partial charge is 0.187 e. The van der Waals surface area contributed by atoms with Crippen LogP contribution in [0.1, 0.15) is 5.56 Å². The third kappa shape index (κ3) is 2.45. The van der Waals surface area contributed by atoms with E-state index in [1.54, 1.807) is 12.1 Å². The monoisotopic (exact) mass is 303 g/mol. The van der Waals surface area contributed by atoms with Crippen molar-refractivity contribution in [1.29, 1.82) is 0 Å². The van der Waals surface area contributed by atoms with Gasteiger partial charge in [0.25, 0.3) is 0 Å². The van der Waals surface area contributed by atoms with E-state index in [1.165, 1.54) is 16.8 Å². The maximum Gasteiger partial charge on any atom is 0.187 e. The lowest BCUT2D eigenvalue weighted by atomic mass is 10.1. The van der Waals surface area contributed by atoms with Crippen molar-refractivity contribution in [1.82, 2.24) is 20.2 Å². The number of hydrogen-bond donors (Lipinski definition) is 1. The second-order valence-electron chi connectivity index (χ2n) is 4.58. The molecule has 0 saturated heterocycles. The number of nitrogens with two attached hydrogens (primary N) is 1. The van der Waals surface area contributed by atoms with Crippen LogP contribution in [0.2, 0.25) is 5.02 Å². The standard InChI is InChI=1S/C14H11ClFN5/c1-8-6-9(2-5-13(8)17)14-18-19-20-21(14)10-3-4-11(15)12(16)7-10/h2-7H,17H2,1H3. The number of tetrazole rings is 1. The number of rotatable bonds is 2. The van der Waals surface area contributed by atoms with Gasteiger partial charge in [-0.2, -0.15) is 4.68 Å². The van der Waals surface area contributed by atoms with Gasteiger partial charge in [-0.25, -0.2) is 4.39 Å². The molecule has 0 radical (unpaired) electrons. The van der Waals surface area contributed by atoms with Crippen LogP contribution in [-0.2, 0) is 0 Å². The molecule has 2 N–H and O–H groups in total. The Kier molecular flexibility index (Phi) is 3.31. The average molecular weight is 304 g/mol. The van der Waals surface area contributed by atoms with Gasteiger partial charge in [0.05, 0.1) is 10.7 Å². The summed E-state index contributed by atoms with van der Waals surface area (Å²) in [5.41, 5.74) is 8.70. The van der Waals surface area contributed by atoms with Gasteiger partial charge in [0, 0.05) is 17.3 Å². The Bertz CT molecular complexity index is 749. The summed E-state index contributed by atoms with van der Waals surface area (Å²) in [5.74, 6) is -0.0241.